The normalized spacial score (nSPS) is 22.6. The van der Waals surface area contributed by atoms with Crippen molar-refractivity contribution in [2.24, 2.45) is 11.3 Å². The molecule has 1 aromatic rings. The molecule has 1 aliphatic heterocycles. The number of rotatable bonds is 3. The Bertz CT molecular complexity index is 535. The van der Waals surface area contributed by atoms with Crippen LogP contribution in [0.25, 0.3) is 0 Å². The van der Waals surface area contributed by atoms with Crippen LogP contribution < -0.4 is 0 Å². The smallest absolute Gasteiger partial charge is 0.311 e. The molecule has 0 bridgehead atoms. The maximum Gasteiger partial charge on any atom is 0.311 e. The molecule has 0 radical (unpaired) electrons. The number of hydrogen-bond donors (Lipinski definition) is 1. The Morgan fingerprint density at radius 2 is 2.15 bits per heavy atom. The first-order chi connectivity index (χ1) is 9.28. The van der Waals surface area contributed by atoms with E-state index < -0.39 is 11.4 Å². The van der Waals surface area contributed by atoms with Crippen molar-refractivity contribution in [3.8, 4) is 0 Å². The van der Waals surface area contributed by atoms with Crippen molar-refractivity contribution >= 4 is 39.1 Å². The maximum atomic E-state index is 12.5. The Morgan fingerprint density at radius 3 is 2.55 bits per heavy atom. The number of hydrogen-bond acceptors (Lipinski definition) is 3. The molecule has 6 heteroatoms. The number of carbonyl (C=O) groups is 2. The molecule has 4 nitrogen and oxygen atoms in total. The Kier molecular flexibility index (Phi) is 4.25. The summed E-state index contributed by atoms with van der Waals surface area (Å²) in [5, 5.41) is 9.51. The minimum atomic E-state index is -0.806. The van der Waals surface area contributed by atoms with Gasteiger partial charge in [0.05, 0.1) is 14.1 Å². The van der Waals surface area contributed by atoms with Gasteiger partial charge < -0.3 is 10.0 Å². The van der Waals surface area contributed by atoms with Gasteiger partial charge in [0, 0.05) is 13.1 Å². The molecule has 2 rings (SSSR count). The molecule has 20 heavy (non-hydrogen) atoms. The van der Waals surface area contributed by atoms with Gasteiger partial charge in [0.1, 0.15) is 0 Å². The van der Waals surface area contributed by atoms with Crippen LogP contribution in [0.1, 0.15) is 35.5 Å². The van der Waals surface area contributed by atoms with E-state index in [1.54, 1.807) is 4.90 Å². The Labute approximate surface area is 130 Å². The SMILES string of the molecule is Cc1cc(C(=O)N2CCC(C(=O)O)(C(C)C)C2)sc1Br. The Hall–Kier alpha value is -0.880. The van der Waals surface area contributed by atoms with Crippen molar-refractivity contribution in [1.29, 1.82) is 0 Å². The van der Waals surface area contributed by atoms with E-state index in [0.717, 1.165) is 9.35 Å². The number of carboxylic acids is 1. The summed E-state index contributed by atoms with van der Waals surface area (Å²) in [7, 11) is 0. The molecule has 1 fully saturated rings. The lowest BCUT2D eigenvalue weighted by Gasteiger charge is -2.28. The molecule has 1 unspecified atom stereocenters. The summed E-state index contributed by atoms with van der Waals surface area (Å²) in [5.74, 6) is -0.853. The summed E-state index contributed by atoms with van der Waals surface area (Å²) in [6.45, 7) is 6.57. The van der Waals surface area contributed by atoms with Gasteiger partial charge in [-0.3, -0.25) is 9.59 Å². The average Bonchev–Trinajstić information content (AvgIpc) is 2.94. The van der Waals surface area contributed by atoms with E-state index in [1.165, 1.54) is 11.3 Å². The lowest BCUT2D eigenvalue weighted by atomic mass is 9.76. The van der Waals surface area contributed by atoms with Crippen LogP contribution in [0.15, 0.2) is 9.85 Å². The Morgan fingerprint density at radius 1 is 1.50 bits per heavy atom. The van der Waals surface area contributed by atoms with Gasteiger partial charge in [-0.25, -0.2) is 0 Å². The highest BCUT2D eigenvalue weighted by atomic mass is 79.9. The number of aryl methyl sites for hydroxylation is 1. The fourth-order valence-corrected chi connectivity index (χ4v) is 4.12. The molecule has 1 N–H and O–H groups in total. The van der Waals surface area contributed by atoms with Crippen LogP contribution in [0, 0.1) is 18.3 Å². The van der Waals surface area contributed by atoms with Crippen LogP contribution >= 0.6 is 27.3 Å². The average molecular weight is 360 g/mol. The molecule has 0 aliphatic carbocycles. The first-order valence-corrected chi connectivity index (χ1v) is 8.17. The van der Waals surface area contributed by atoms with Gasteiger partial charge in [0.2, 0.25) is 0 Å². The zero-order valence-electron chi connectivity index (χ0n) is 11.8. The molecular weight excluding hydrogens is 342 g/mol. The van der Waals surface area contributed by atoms with Crippen LogP contribution in [0.5, 0.6) is 0 Å². The van der Waals surface area contributed by atoms with Crippen molar-refractivity contribution in [3.63, 3.8) is 0 Å². The predicted molar refractivity (Wildman–Crippen MR) is 82.2 cm³/mol. The van der Waals surface area contributed by atoms with Gasteiger partial charge in [-0.2, -0.15) is 0 Å². The quantitative estimate of drug-likeness (QED) is 0.899. The van der Waals surface area contributed by atoms with E-state index >= 15 is 0 Å². The summed E-state index contributed by atoms with van der Waals surface area (Å²) >= 11 is 4.82. The minimum Gasteiger partial charge on any atom is -0.481 e. The number of amides is 1. The minimum absolute atomic E-state index is 0.00890. The molecule has 1 aliphatic rings. The van der Waals surface area contributed by atoms with E-state index in [1.807, 2.05) is 26.8 Å². The van der Waals surface area contributed by atoms with E-state index in [-0.39, 0.29) is 11.8 Å². The molecule has 1 saturated heterocycles. The van der Waals surface area contributed by atoms with Gasteiger partial charge in [-0.15, -0.1) is 11.3 Å². The monoisotopic (exact) mass is 359 g/mol. The van der Waals surface area contributed by atoms with E-state index in [0.29, 0.717) is 24.4 Å². The first-order valence-electron chi connectivity index (χ1n) is 6.56. The van der Waals surface area contributed by atoms with Crippen LogP contribution in [0.2, 0.25) is 0 Å². The third kappa shape index (κ3) is 2.51. The fraction of sp³-hybridized carbons (Fsp3) is 0.571. The van der Waals surface area contributed by atoms with Gasteiger partial charge in [-0.1, -0.05) is 13.8 Å². The number of carbonyl (C=O) groups excluding carboxylic acids is 1. The topological polar surface area (TPSA) is 57.6 Å². The van der Waals surface area contributed by atoms with Crippen molar-refractivity contribution < 1.29 is 14.7 Å². The zero-order valence-corrected chi connectivity index (χ0v) is 14.2. The summed E-state index contributed by atoms with van der Waals surface area (Å²) < 4.78 is 0.952. The van der Waals surface area contributed by atoms with E-state index in [4.69, 9.17) is 0 Å². The molecule has 1 aromatic heterocycles. The molecular formula is C14H18BrNO3S. The van der Waals surface area contributed by atoms with Crippen LogP contribution in [-0.4, -0.2) is 35.0 Å². The summed E-state index contributed by atoms with van der Waals surface area (Å²) in [4.78, 5) is 26.4. The second-order valence-corrected chi connectivity index (χ2v) is 8.03. The van der Waals surface area contributed by atoms with Crippen LogP contribution in [-0.2, 0) is 4.79 Å². The van der Waals surface area contributed by atoms with Gasteiger partial charge in [0.25, 0.3) is 5.91 Å². The van der Waals surface area contributed by atoms with Crippen molar-refractivity contribution in [2.45, 2.75) is 27.2 Å². The third-order valence-corrected chi connectivity index (χ3v) is 6.31. The maximum absolute atomic E-state index is 12.5. The van der Waals surface area contributed by atoms with Crippen LogP contribution in [0.3, 0.4) is 0 Å². The molecule has 0 saturated carbocycles. The first kappa shape index (κ1) is 15.5. The van der Waals surface area contributed by atoms with Gasteiger partial charge >= 0.3 is 5.97 Å². The van der Waals surface area contributed by atoms with Gasteiger partial charge in [0.15, 0.2) is 0 Å². The highest BCUT2D eigenvalue weighted by Gasteiger charge is 2.48. The number of likely N-dealkylation sites (tertiary alicyclic amines) is 1. The lowest BCUT2D eigenvalue weighted by Crippen LogP contribution is -2.40. The highest BCUT2D eigenvalue weighted by molar-refractivity contribution is 9.11. The molecule has 2 heterocycles. The summed E-state index contributed by atoms with van der Waals surface area (Å²) in [5.41, 5.74) is 0.227. The molecule has 1 amide bonds. The van der Waals surface area contributed by atoms with E-state index in [2.05, 4.69) is 15.9 Å². The standard InChI is InChI=1S/C14H18BrNO3S/c1-8(2)14(13(18)19)4-5-16(7-14)12(17)10-6-9(3)11(15)20-10/h6,8H,4-5,7H2,1-3H3,(H,18,19). The van der Waals surface area contributed by atoms with E-state index in [9.17, 15) is 14.7 Å². The summed E-state index contributed by atoms with van der Waals surface area (Å²) in [6.07, 6.45) is 0.525. The second-order valence-electron chi connectivity index (χ2n) is 5.66. The fourth-order valence-electron chi connectivity index (χ4n) is 2.62. The number of aliphatic carboxylic acids is 1. The molecule has 0 aromatic carbocycles. The summed E-state index contributed by atoms with van der Waals surface area (Å²) in [6, 6.07) is 1.85. The number of nitrogens with zero attached hydrogens (tertiary/aromatic N) is 1. The number of halogens is 1. The number of carboxylic acid groups (broad SMARTS) is 1. The number of thiophene rings is 1. The Balaban J connectivity index is 2.20. The zero-order chi connectivity index (χ0) is 15.1. The van der Waals surface area contributed by atoms with Crippen molar-refractivity contribution in [1.82, 2.24) is 4.90 Å². The molecule has 0 spiro atoms. The molecule has 1 atom stereocenters. The van der Waals surface area contributed by atoms with Crippen molar-refractivity contribution in [3.05, 3.63) is 20.3 Å². The van der Waals surface area contributed by atoms with Gasteiger partial charge in [-0.05, 0) is 46.8 Å². The second kappa shape index (κ2) is 5.48. The predicted octanol–water partition coefficient (Wildman–Crippen LogP) is 3.39. The third-order valence-electron chi connectivity index (χ3n) is 4.19. The largest absolute Gasteiger partial charge is 0.481 e. The highest BCUT2D eigenvalue weighted by Crippen LogP contribution is 2.39. The lowest BCUT2D eigenvalue weighted by molar-refractivity contribution is -0.150. The van der Waals surface area contributed by atoms with Crippen molar-refractivity contribution in [2.75, 3.05) is 13.1 Å². The van der Waals surface area contributed by atoms with Crippen LogP contribution in [0.4, 0.5) is 0 Å². The molecule has 110 valence electrons.